The topological polar surface area (TPSA) is 18.5 Å². The minimum Gasteiger partial charge on any atom is -0.464 e. The van der Waals surface area contributed by atoms with Crippen molar-refractivity contribution in [3.63, 3.8) is 0 Å². The number of ether oxygens (including phenoxy) is 2. The number of hydrogen-bond donors (Lipinski definition) is 0. The van der Waals surface area contributed by atoms with Gasteiger partial charge in [0.1, 0.15) is 0 Å². The molecule has 0 aliphatic carbocycles. The van der Waals surface area contributed by atoms with E-state index in [4.69, 9.17) is 32.7 Å². The van der Waals surface area contributed by atoms with Gasteiger partial charge in [-0.05, 0) is 12.1 Å². The molecule has 0 atom stereocenters. The zero-order valence-corrected chi connectivity index (χ0v) is 13.2. The highest BCUT2D eigenvalue weighted by Crippen LogP contribution is 2.29. The van der Waals surface area contributed by atoms with Crippen molar-refractivity contribution in [2.75, 3.05) is 13.4 Å². The number of halogens is 3. The summed E-state index contributed by atoms with van der Waals surface area (Å²) in [6, 6.07) is 3.52. The van der Waals surface area contributed by atoms with Crippen LogP contribution in [0.4, 0.5) is 4.39 Å². The second-order valence-corrected chi connectivity index (χ2v) is 11.6. The van der Waals surface area contributed by atoms with Crippen molar-refractivity contribution in [2.45, 2.75) is 25.7 Å². The highest BCUT2D eigenvalue weighted by atomic mass is 35.5. The van der Waals surface area contributed by atoms with Crippen molar-refractivity contribution in [3.8, 4) is 5.75 Å². The molecule has 0 aliphatic rings. The van der Waals surface area contributed by atoms with Crippen molar-refractivity contribution >= 4 is 31.3 Å². The quantitative estimate of drug-likeness (QED) is 0.324. The summed E-state index contributed by atoms with van der Waals surface area (Å²) >= 11 is 11.4. The molecule has 6 heteroatoms. The first-order valence-electron chi connectivity index (χ1n) is 5.65. The maximum Gasteiger partial charge on any atom is 0.189 e. The summed E-state index contributed by atoms with van der Waals surface area (Å²) in [7, 11) is -1.11. The second-order valence-electron chi connectivity index (χ2n) is 5.18. The predicted molar refractivity (Wildman–Crippen MR) is 76.0 cm³/mol. The van der Waals surface area contributed by atoms with Gasteiger partial charge in [-0.2, -0.15) is 0 Å². The van der Waals surface area contributed by atoms with E-state index in [9.17, 15) is 4.39 Å². The normalized spacial score (nSPS) is 11.7. The van der Waals surface area contributed by atoms with E-state index < -0.39 is 13.9 Å². The molecule has 0 heterocycles. The standard InChI is InChI=1S/C12H17Cl2FO2Si/c1-18(2,3)5-4-16-8-17-12-7-10(14)9(13)6-11(12)15/h6-7H,4-5,8H2,1-3H3. The molecule has 0 N–H and O–H groups in total. The van der Waals surface area contributed by atoms with E-state index in [-0.39, 0.29) is 22.6 Å². The number of benzene rings is 1. The van der Waals surface area contributed by atoms with Crippen LogP contribution in [0, 0.1) is 5.82 Å². The van der Waals surface area contributed by atoms with Gasteiger partial charge in [-0.1, -0.05) is 42.8 Å². The molecule has 0 aliphatic heterocycles. The monoisotopic (exact) mass is 310 g/mol. The molecular formula is C12H17Cl2FO2Si. The Morgan fingerprint density at radius 1 is 1.17 bits per heavy atom. The highest BCUT2D eigenvalue weighted by Gasteiger charge is 2.12. The number of hydrogen-bond acceptors (Lipinski definition) is 2. The molecule has 0 saturated heterocycles. The maximum atomic E-state index is 13.4. The molecule has 0 spiro atoms. The van der Waals surface area contributed by atoms with Gasteiger partial charge in [0.25, 0.3) is 0 Å². The van der Waals surface area contributed by atoms with Gasteiger partial charge in [-0.25, -0.2) is 4.39 Å². The Bertz CT molecular complexity index is 408. The summed E-state index contributed by atoms with van der Waals surface area (Å²) in [6.07, 6.45) is 0. The molecule has 2 nitrogen and oxygen atoms in total. The summed E-state index contributed by atoms with van der Waals surface area (Å²) in [6.45, 7) is 7.42. The van der Waals surface area contributed by atoms with E-state index in [1.807, 2.05) is 0 Å². The molecule has 0 saturated carbocycles. The first-order valence-corrected chi connectivity index (χ1v) is 10.1. The van der Waals surface area contributed by atoms with Gasteiger partial charge in [-0.15, -0.1) is 0 Å². The Labute approximate surface area is 118 Å². The van der Waals surface area contributed by atoms with Crippen LogP contribution >= 0.6 is 23.2 Å². The summed E-state index contributed by atoms with van der Waals surface area (Å²) in [4.78, 5) is 0. The van der Waals surface area contributed by atoms with Gasteiger partial charge in [-0.3, -0.25) is 0 Å². The van der Waals surface area contributed by atoms with E-state index in [0.29, 0.717) is 6.61 Å². The lowest BCUT2D eigenvalue weighted by molar-refractivity contribution is 0.0198. The van der Waals surface area contributed by atoms with Gasteiger partial charge >= 0.3 is 0 Å². The van der Waals surface area contributed by atoms with Crippen molar-refractivity contribution in [1.82, 2.24) is 0 Å². The zero-order valence-electron chi connectivity index (χ0n) is 10.7. The summed E-state index contributed by atoms with van der Waals surface area (Å²) in [5, 5.41) is 0.427. The van der Waals surface area contributed by atoms with Gasteiger partial charge in [0.2, 0.25) is 0 Å². The summed E-state index contributed by atoms with van der Waals surface area (Å²) in [5.41, 5.74) is 0. The minimum absolute atomic E-state index is 0.0133. The molecule has 1 aromatic carbocycles. The van der Waals surface area contributed by atoms with Crippen LogP contribution in [0.2, 0.25) is 35.7 Å². The van der Waals surface area contributed by atoms with E-state index in [1.165, 1.54) is 6.07 Å². The van der Waals surface area contributed by atoms with E-state index in [1.54, 1.807) is 0 Å². The predicted octanol–water partition coefficient (Wildman–Crippen LogP) is 4.82. The van der Waals surface area contributed by atoms with Crippen LogP contribution in [0.25, 0.3) is 0 Å². The zero-order chi connectivity index (χ0) is 13.8. The Kier molecular flexibility index (Phi) is 5.91. The number of rotatable bonds is 6. The third-order valence-electron chi connectivity index (χ3n) is 2.27. The molecule has 0 unspecified atom stereocenters. The van der Waals surface area contributed by atoms with Gasteiger partial charge in [0.05, 0.1) is 10.0 Å². The Balaban J connectivity index is 2.38. The lowest BCUT2D eigenvalue weighted by Gasteiger charge is -2.15. The first-order chi connectivity index (χ1) is 8.29. The van der Waals surface area contributed by atoms with Gasteiger partial charge in [0, 0.05) is 20.7 Å². The van der Waals surface area contributed by atoms with Crippen molar-refractivity contribution < 1.29 is 13.9 Å². The molecule has 0 aromatic heterocycles. The Morgan fingerprint density at radius 3 is 2.39 bits per heavy atom. The van der Waals surface area contributed by atoms with Crippen LogP contribution in [0.1, 0.15) is 0 Å². The lowest BCUT2D eigenvalue weighted by atomic mass is 10.3. The van der Waals surface area contributed by atoms with Crippen LogP contribution in [0.15, 0.2) is 12.1 Å². The molecular weight excluding hydrogens is 294 g/mol. The molecule has 1 rings (SSSR count). The van der Waals surface area contributed by atoms with Crippen LogP contribution in [0.5, 0.6) is 5.75 Å². The molecule has 0 radical (unpaired) electrons. The van der Waals surface area contributed by atoms with Crippen molar-refractivity contribution in [1.29, 1.82) is 0 Å². The van der Waals surface area contributed by atoms with Crippen molar-refractivity contribution in [3.05, 3.63) is 28.0 Å². The molecule has 18 heavy (non-hydrogen) atoms. The first kappa shape index (κ1) is 15.8. The average molecular weight is 311 g/mol. The third kappa shape index (κ3) is 5.57. The second kappa shape index (κ2) is 6.75. The van der Waals surface area contributed by atoms with Crippen LogP contribution in [-0.4, -0.2) is 21.5 Å². The third-order valence-corrected chi connectivity index (χ3v) is 4.70. The van der Waals surface area contributed by atoms with Gasteiger partial charge in [0.15, 0.2) is 18.4 Å². The van der Waals surface area contributed by atoms with Gasteiger partial charge < -0.3 is 9.47 Å². The smallest absolute Gasteiger partial charge is 0.189 e. The fourth-order valence-corrected chi connectivity index (χ4v) is 2.22. The largest absolute Gasteiger partial charge is 0.464 e. The SMILES string of the molecule is C[Si](C)(C)CCOCOc1cc(Cl)c(Cl)cc1F. The molecule has 102 valence electrons. The molecule has 0 fully saturated rings. The molecule has 0 amide bonds. The Morgan fingerprint density at radius 2 is 1.78 bits per heavy atom. The summed E-state index contributed by atoms with van der Waals surface area (Å²) in [5.74, 6) is -0.490. The van der Waals surface area contributed by atoms with E-state index >= 15 is 0 Å². The average Bonchev–Trinajstić information content (AvgIpc) is 2.23. The van der Waals surface area contributed by atoms with E-state index in [2.05, 4.69) is 19.6 Å². The lowest BCUT2D eigenvalue weighted by Crippen LogP contribution is -2.22. The fraction of sp³-hybridized carbons (Fsp3) is 0.500. The van der Waals surface area contributed by atoms with Crippen LogP contribution in [0.3, 0.4) is 0 Å². The van der Waals surface area contributed by atoms with E-state index in [0.717, 1.165) is 12.1 Å². The molecule has 1 aromatic rings. The minimum atomic E-state index is -1.11. The Hall–Kier alpha value is -0.293. The fourth-order valence-electron chi connectivity index (χ4n) is 1.16. The highest BCUT2D eigenvalue weighted by molar-refractivity contribution is 6.76. The van der Waals surface area contributed by atoms with Crippen LogP contribution < -0.4 is 4.74 Å². The van der Waals surface area contributed by atoms with Crippen molar-refractivity contribution in [2.24, 2.45) is 0 Å². The summed E-state index contributed by atoms with van der Waals surface area (Å²) < 4.78 is 23.9. The van der Waals surface area contributed by atoms with Crippen LogP contribution in [-0.2, 0) is 4.74 Å². The molecule has 0 bridgehead atoms. The maximum absolute atomic E-state index is 13.4.